The third kappa shape index (κ3) is 4.31. The number of nitrogens with zero attached hydrogens (tertiary/aromatic N) is 1. The van der Waals surface area contributed by atoms with Crippen molar-refractivity contribution in [1.82, 2.24) is 4.31 Å². The number of nitrogens with two attached hydrogens (primary N) is 1. The lowest BCUT2D eigenvalue weighted by molar-refractivity contribution is 0.325. The van der Waals surface area contributed by atoms with Gasteiger partial charge in [-0.3, -0.25) is 0 Å². The second-order valence-corrected chi connectivity index (χ2v) is 9.88. The van der Waals surface area contributed by atoms with Gasteiger partial charge < -0.3 is 5.73 Å². The van der Waals surface area contributed by atoms with Crippen molar-refractivity contribution < 1.29 is 8.42 Å². The summed E-state index contributed by atoms with van der Waals surface area (Å²) in [7, 11) is -3.19. The molecule has 0 aromatic rings. The second-order valence-electron chi connectivity index (χ2n) is 6.28. The van der Waals surface area contributed by atoms with Crippen molar-refractivity contribution in [2.45, 2.75) is 38.4 Å². The Morgan fingerprint density at radius 3 is 2.16 bits per heavy atom. The zero-order valence-electron chi connectivity index (χ0n) is 12.1. The molecule has 19 heavy (non-hydrogen) atoms. The van der Waals surface area contributed by atoms with Crippen molar-refractivity contribution in [2.75, 3.05) is 25.1 Å². The summed E-state index contributed by atoms with van der Waals surface area (Å²) in [5, 5.41) is 0. The lowest BCUT2D eigenvalue weighted by Crippen LogP contribution is -2.51. The van der Waals surface area contributed by atoms with Gasteiger partial charge in [0.05, 0.1) is 15.5 Å². The van der Waals surface area contributed by atoms with Crippen LogP contribution in [0.3, 0.4) is 0 Å². The maximum Gasteiger partial charge on any atom is 0.214 e. The van der Waals surface area contributed by atoms with Crippen molar-refractivity contribution >= 4 is 39.0 Å². The van der Waals surface area contributed by atoms with Gasteiger partial charge in [0.25, 0.3) is 0 Å². The summed E-state index contributed by atoms with van der Waals surface area (Å²) in [5.74, 6) is 0.180. The topological polar surface area (TPSA) is 63.4 Å². The normalized spacial score (nSPS) is 21.3. The first-order chi connectivity index (χ1) is 8.52. The van der Waals surface area contributed by atoms with Gasteiger partial charge in [-0.05, 0) is 24.5 Å². The average molecular weight is 325 g/mol. The maximum atomic E-state index is 12.3. The monoisotopic (exact) mass is 324 g/mol. The Kier molecular flexibility index (Phi) is 5.32. The summed E-state index contributed by atoms with van der Waals surface area (Å²) in [6.45, 7) is 6.84. The molecule has 1 heterocycles. The fraction of sp³-hybridized carbons (Fsp3) is 0.917. The molecule has 0 amide bonds. The van der Waals surface area contributed by atoms with Gasteiger partial charge in [0.2, 0.25) is 10.0 Å². The molecule has 0 spiro atoms. The highest BCUT2D eigenvalue weighted by Crippen LogP contribution is 2.36. The molecule has 1 fully saturated rings. The van der Waals surface area contributed by atoms with E-state index < -0.39 is 10.0 Å². The third-order valence-corrected chi connectivity index (χ3v) is 7.69. The van der Waals surface area contributed by atoms with Crippen LogP contribution in [0.25, 0.3) is 0 Å². The molecular weight excluding hydrogens is 300 g/mol. The zero-order chi connectivity index (χ0) is 14.9. The number of piperidine rings is 1. The molecule has 112 valence electrons. The van der Waals surface area contributed by atoms with Crippen LogP contribution in [0.1, 0.15) is 33.6 Å². The summed E-state index contributed by atoms with van der Waals surface area (Å²) >= 11 is 6.77. The van der Waals surface area contributed by atoms with E-state index in [0.29, 0.717) is 30.9 Å². The number of hydrogen-bond acceptors (Lipinski definition) is 4. The minimum absolute atomic E-state index is 0.180. The maximum absolute atomic E-state index is 12.3. The molecule has 0 aliphatic carbocycles. The van der Waals surface area contributed by atoms with Crippen molar-refractivity contribution in [3.8, 4) is 0 Å². The Labute approximate surface area is 126 Å². The number of thiocarbonyl (C=S) groups is 1. The summed E-state index contributed by atoms with van der Waals surface area (Å²) < 4.78 is 26.0. The Bertz CT molecular complexity index is 432. The van der Waals surface area contributed by atoms with E-state index in [4.69, 9.17) is 18.0 Å². The first-order valence-electron chi connectivity index (χ1n) is 6.35. The number of thioether (sulfide) groups is 1. The fourth-order valence-corrected chi connectivity index (χ4v) is 5.58. The van der Waals surface area contributed by atoms with Crippen LogP contribution < -0.4 is 5.73 Å². The molecule has 1 aliphatic rings. The summed E-state index contributed by atoms with van der Waals surface area (Å²) in [6.07, 6.45) is 3.39. The summed E-state index contributed by atoms with van der Waals surface area (Å²) in [5.41, 5.74) is 5.59. The average Bonchev–Trinajstić information content (AvgIpc) is 2.25. The van der Waals surface area contributed by atoms with Crippen LogP contribution in [0, 0.1) is 5.41 Å². The van der Waals surface area contributed by atoms with Crippen LogP contribution in [0.5, 0.6) is 0 Å². The van der Waals surface area contributed by atoms with Gasteiger partial charge in [0.15, 0.2) is 0 Å². The Balaban J connectivity index is 2.76. The lowest BCUT2D eigenvalue weighted by Gasteiger charge is -2.40. The highest BCUT2D eigenvalue weighted by molar-refractivity contribution is 8.02. The van der Waals surface area contributed by atoms with Gasteiger partial charge in [-0.1, -0.05) is 33.0 Å². The Hall–Kier alpha value is 0.150. The molecule has 0 aromatic heterocycles. The standard InChI is InChI=1S/C12H24N2O2S3/c1-11(2,3)9-19(15,16)14-7-5-12(18-4,6-8-14)10(13)17/h5-9H2,1-4H3,(H2,13,17). The second kappa shape index (κ2) is 5.87. The highest BCUT2D eigenvalue weighted by atomic mass is 32.2. The van der Waals surface area contributed by atoms with Crippen LogP contribution in [-0.4, -0.2) is 47.6 Å². The van der Waals surface area contributed by atoms with E-state index in [1.54, 1.807) is 16.1 Å². The molecule has 0 unspecified atom stereocenters. The largest absolute Gasteiger partial charge is 0.392 e. The van der Waals surface area contributed by atoms with E-state index in [-0.39, 0.29) is 15.9 Å². The lowest BCUT2D eigenvalue weighted by atomic mass is 9.97. The molecule has 1 rings (SSSR count). The molecule has 0 atom stereocenters. The van der Waals surface area contributed by atoms with E-state index in [1.807, 2.05) is 27.0 Å². The van der Waals surface area contributed by atoms with E-state index in [9.17, 15) is 8.42 Å². The predicted molar refractivity (Wildman–Crippen MR) is 87.1 cm³/mol. The predicted octanol–water partition coefficient (Wildman–Crippen LogP) is 1.85. The number of hydrogen-bond donors (Lipinski definition) is 1. The highest BCUT2D eigenvalue weighted by Gasteiger charge is 2.40. The smallest absolute Gasteiger partial charge is 0.214 e. The van der Waals surface area contributed by atoms with Crippen LogP contribution in [-0.2, 0) is 10.0 Å². The third-order valence-electron chi connectivity index (χ3n) is 3.38. The molecule has 2 N–H and O–H groups in total. The Morgan fingerprint density at radius 2 is 1.84 bits per heavy atom. The molecule has 0 radical (unpaired) electrons. The SMILES string of the molecule is CSC1(C(N)=S)CCN(S(=O)(=O)CC(C)(C)C)CC1. The van der Waals surface area contributed by atoms with Crippen LogP contribution in [0.4, 0.5) is 0 Å². The van der Waals surface area contributed by atoms with Crippen LogP contribution >= 0.6 is 24.0 Å². The van der Waals surface area contributed by atoms with Crippen molar-refractivity contribution in [1.29, 1.82) is 0 Å². The minimum atomic E-state index is -3.19. The summed E-state index contributed by atoms with van der Waals surface area (Å²) in [6, 6.07) is 0. The zero-order valence-corrected chi connectivity index (χ0v) is 14.6. The quantitative estimate of drug-likeness (QED) is 0.800. The van der Waals surface area contributed by atoms with Crippen molar-refractivity contribution in [2.24, 2.45) is 11.1 Å². The minimum Gasteiger partial charge on any atom is -0.392 e. The Morgan fingerprint density at radius 1 is 1.37 bits per heavy atom. The molecule has 0 aromatic carbocycles. The van der Waals surface area contributed by atoms with Crippen molar-refractivity contribution in [3.63, 3.8) is 0 Å². The van der Waals surface area contributed by atoms with Crippen molar-refractivity contribution in [3.05, 3.63) is 0 Å². The van der Waals surface area contributed by atoms with E-state index in [2.05, 4.69) is 0 Å². The molecular formula is C12H24N2O2S3. The van der Waals surface area contributed by atoms with Gasteiger partial charge >= 0.3 is 0 Å². The van der Waals surface area contributed by atoms with Gasteiger partial charge in [-0.15, -0.1) is 0 Å². The number of rotatable bonds is 4. The first kappa shape index (κ1) is 17.2. The van der Waals surface area contributed by atoms with Crippen LogP contribution in [0.15, 0.2) is 0 Å². The molecule has 1 aliphatic heterocycles. The van der Waals surface area contributed by atoms with E-state index >= 15 is 0 Å². The summed E-state index contributed by atoms with van der Waals surface area (Å²) in [4.78, 5) is 0.493. The van der Waals surface area contributed by atoms with Gasteiger partial charge in [0, 0.05) is 13.1 Å². The van der Waals surface area contributed by atoms with Gasteiger partial charge in [0.1, 0.15) is 0 Å². The molecule has 4 nitrogen and oxygen atoms in total. The van der Waals surface area contributed by atoms with E-state index in [1.165, 1.54) is 0 Å². The fourth-order valence-electron chi connectivity index (χ4n) is 2.32. The molecule has 0 saturated carbocycles. The molecule has 0 bridgehead atoms. The van der Waals surface area contributed by atoms with Gasteiger partial charge in [-0.25, -0.2) is 12.7 Å². The molecule has 7 heteroatoms. The number of sulfonamides is 1. The van der Waals surface area contributed by atoms with E-state index in [0.717, 1.165) is 0 Å². The van der Waals surface area contributed by atoms with Crippen LogP contribution in [0.2, 0.25) is 0 Å². The van der Waals surface area contributed by atoms with Gasteiger partial charge in [-0.2, -0.15) is 11.8 Å². The first-order valence-corrected chi connectivity index (χ1v) is 9.60. The molecule has 1 saturated heterocycles.